The van der Waals surface area contributed by atoms with Gasteiger partial charge in [0.1, 0.15) is 5.75 Å². The molecule has 0 amide bonds. The molecule has 4 heteroatoms. The molecule has 0 aliphatic rings. The van der Waals surface area contributed by atoms with Gasteiger partial charge in [-0.1, -0.05) is 17.7 Å². The van der Waals surface area contributed by atoms with E-state index in [1.165, 1.54) is 12.3 Å². The Hall–Kier alpha value is -1.22. The third-order valence-electron chi connectivity index (χ3n) is 1.23. The van der Waals surface area contributed by atoms with Crippen molar-refractivity contribution < 1.29 is 5.11 Å². The van der Waals surface area contributed by atoms with Crippen molar-refractivity contribution in [1.29, 1.82) is 0 Å². The smallest absolute Gasteiger partial charge is 0.125 e. The third kappa shape index (κ3) is 1.62. The lowest BCUT2D eigenvalue weighted by Crippen LogP contribution is -1.87. The first kappa shape index (κ1) is 7.88. The van der Waals surface area contributed by atoms with Crippen LogP contribution in [0, 0.1) is 0 Å². The van der Waals surface area contributed by atoms with Crippen LogP contribution in [0.15, 0.2) is 23.3 Å². The monoisotopic (exact) mass is 170 g/mol. The molecule has 1 aromatic rings. The van der Waals surface area contributed by atoms with Crippen molar-refractivity contribution in [2.45, 2.75) is 0 Å². The summed E-state index contributed by atoms with van der Waals surface area (Å²) >= 11 is 5.70. The normalized spacial score (nSPS) is 10.6. The van der Waals surface area contributed by atoms with Gasteiger partial charge in [0.15, 0.2) is 0 Å². The number of phenols is 1. The molecule has 0 aliphatic carbocycles. The first-order valence-electron chi connectivity index (χ1n) is 2.96. The van der Waals surface area contributed by atoms with E-state index in [0.29, 0.717) is 10.6 Å². The Labute approximate surface area is 69.1 Å². The Morgan fingerprint density at radius 1 is 1.55 bits per heavy atom. The van der Waals surface area contributed by atoms with Crippen LogP contribution >= 0.6 is 11.6 Å². The molecule has 0 saturated heterocycles. The van der Waals surface area contributed by atoms with E-state index in [1.54, 1.807) is 12.1 Å². The lowest BCUT2D eigenvalue weighted by atomic mass is 10.2. The van der Waals surface area contributed by atoms with Crippen LogP contribution in [0.4, 0.5) is 0 Å². The summed E-state index contributed by atoms with van der Waals surface area (Å²) in [6.07, 6.45) is 1.30. The first-order valence-corrected chi connectivity index (χ1v) is 3.34. The minimum absolute atomic E-state index is 0.0756. The van der Waals surface area contributed by atoms with E-state index in [2.05, 4.69) is 5.10 Å². The predicted octanol–water partition coefficient (Wildman–Crippen LogP) is 1.34. The van der Waals surface area contributed by atoms with Gasteiger partial charge in [0.2, 0.25) is 0 Å². The number of nitrogens with zero attached hydrogens (tertiary/aromatic N) is 1. The summed E-state index contributed by atoms with van der Waals surface area (Å²) in [7, 11) is 0. The van der Waals surface area contributed by atoms with Gasteiger partial charge in [-0.2, -0.15) is 5.10 Å². The van der Waals surface area contributed by atoms with Gasteiger partial charge in [0.25, 0.3) is 0 Å². The maximum atomic E-state index is 9.19. The predicted molar refractivity (Wildman–Crippen MR) is 44.9 cm³/mol. The van der Waals surface area contributed by atoms with Crippen molar-refractivity contribution in [2.75, 3.05) is 0 Å². The molecule has 0 bridgehead atoms. The maximum Gasteiger partial charge on any atom is 0.125 e. The lowest BCUT2D eigenvalue weighted by molar-refractivity contribution is 0.474. The molecule has 0 saturated carbocycles. The van der Waals surface area contributed by atoms with Crippen LogP contribution in [0.1, 0.15) is 5.56 Å². The molecule has 3 nitrogen and oxygen atoms in total. The Morgan fingerprint density at radius 3 is 2.82 bits per heavy atom. The van der Waals surface area contributed by atoms with E-state index in [-0.39, 0.29) is 5.75 Å². The molecule has 0 spiro atoms. The van der Waals surface area contributed by atoms with E-state index in [1.807, 2.05) is 0 Å². The fourth-order valence-electron chi connectivity index (χ4n) is 0.728. The highest BCUT2D eigenvalue weighted by atomic mass is 35.5. The number of aromatic hydroxyl groups is 1. The van der Waals surface area contributed by atoms with Crippen molar-refractivity contribution >= 4 is 17.8 Å². The van der Waals surface area contributed by atoms with Crippen molar-refractivity contribution in [2.24, 2.45) is 10.9 Å². The van der Waals surface area contributed by atoms with Gasteiger partial charge in [0.05, 0.1) is 16.8 Å². The number of benzene rings is 1. The second-order valence-electron chi connectivity index (χ2n) is 1.95. The minimum Gasteiger partial charge on any atom is -0.507 e. The Kier molecular flexibility index (Phi) is 2.33. The highest BCUT2D eigenvalue weighted by Gasteiger charge is 2.01. The van der Waals surface area contributed by atoms with Crippen LogP contribution < -0.4 is 5.84 Å². The number of halogens is 1. The average Bonchev–Trinajstić information content (AvgIpc) is 1.97. The summed E-state index contributed by atoms with van der Waals surface area (Å²) in [4.78, 5) is 0. The molecule has 58 valence electrons. The van der Waals surface area contributed by atoms with Gasteiger partial charge in [-0.15, -0.1) is 0 Å². The number of phenolic OH excluding ortho intramolecular Hbond substituents is 1. The number of rotatable bonds is 1. The molecule has 3 N–H and O–H groups in total. The molecule has 0 aliphatic heterocycles. The average molecular weight is 171 g/mol. The molecule has 0 unspecified atom stereocenters. The quantitative estimate of drug-likeness (QED) is 0.380. The van der Waals surface area contributed by atoms with Crippen molar-refractivity contribution in [3.63, 3.8) is 0 Å². The Balaban J connectivity index is 3.20. The third-order valence-corrected chi connectivity index (χ3v) is 1.56. The first-order chi connectivity index (χ1) is 5.25. The maximum absolute atomic E-state index is 9.19. The van der Waals surface area contributed by atoms with Gasteiger partial charge >= 0.3 is 0 Å². The second-order valence-corrected chi connectivity index (χ2v) is 2.36. The topological polar surface area (TPSA) is 58.6 Å². The van der Waals surface area contributed by atoms with Gasteiger partial charge in [-0.3, -0.25) is 0 Å². The zero-order chi connectivity index (χ0) is 8.27. The number of nitrogens with two attached hydrogens (primary N) is 1. The summed E-state index contributed by atoms with van der Waals surface area (Å²) < 4.78 is 0. The minimum atomic E-state index is 0.0756. The zero-order valence-electron chi connectivity index (χ0n) is 5.66. The Bertz CT molecular complexity index is 266. The van der Waals surface area contributed by atoms with Gasteiger partial charge in [0, 0.05) is 0 Å². The molecule has 0 heterocycles. The summed E-state index contributed by atoms with van der Waals surface area (Å²) in [6.45, 7) is 0. The van der Waals surface area contributed by atoms with Crippen LogP contribution in [0.2, 0.25) is 5.02 Å². The van der Waals surface area contributed by atoms with Crippen LogP contribution in [0.25, 0.3) is 0 Å². The Morgan fingerprint density at radius 2 is 2.27 bits per heavy atom. The molecular formula is C7H7ClN2O. The number of hydrazone groups is 1. The summed E-state index contributed by atoms with van der Waals surface area (Å²) in [6, 6.07) is 4.81. The van der Waals surface area contributed by atoms with E-state index in [9.17, 15) is 5.11 Å². The van der Waals surface area contributed by atoms with Gasteiger partial charge in [-0.05, 0) is 12.1 Å². The molecular weight excluding hydrogens is 164 g/mol. The molecule has 0 radical (unpaired) electrons. The molecule has 0 atom stereocenters. The second kappa shape index (κ2) is 3.25. The van der Waals surface area contributed by atoms with Crippen LogP contribution in [0.5, 0.6) is 5.75 Å². The van der Waals surface area contributed by atoms with E-state index in [0.717, 1.165) is 0 Å². The van der Waals surface area contributed by atoms with Crippen LogP contribution in [-0.2, 0) is 0 Å². The summed E-state index contributed by atoms with van der Waals surface area (Å²) in [5.74, 6) is 4.97. The van der Waals surface area contributed by atoms with Crippen molar-refractivity contribution in [1.82, 2.24) is 0 Å². The zero-order valence-corrected chi connectivity index (χ0v) is 6.42. The molecule has 11 heavy (non-hydrogen) atoms. The lowest BCUT2D eigenvalue weighted by Gasteiger charge is -1.98. The largest absolute Gasteiger partial charge is 0.507 e. The molecule has 1 rings (SSSR count). The van der Waals surface area contributed by atoms with E-state index in [4.69, 9.17) is 17.4 Å². The molecule has 1 aromatic carbocycles. The van der Waals surface area contributed by atoms with Crippen molar-refractivity contribution in [3.8, 4) is 5.75 Å². The number of hydrogen-bond acceptors (Lipinski definition) is 3. The number of hydrogen-bond donors (Lipinski definition) is 2. The molecule has 0 fully saturated rings. The van der Waals surface area contributed by atoms with Gasteiger partial charge < -0.3 is 10.9 Å². The fourth-order valence-corrected chi connectivity index (χ4v) is 0.946. The van der Waals surface area contributed by atoms with Crippen molar-refractivity contribution in [3.05, 3.63) is 28.8 Å². The fraction of sp³-hybridized carbons (Fsp3) is 0. The summed E-state index contributed by atoms with van der Waals surface area (Å²) in [5, 5.41) is 12.9. The van der Waals surface area contributed by atoms with E-state index >= 15 is 0 Å². The van der Waals surface area contributed by atoms with Gasteiger partial charge in [-0.25, -0.2) is 0 Å². The van der Waals surface area contributed by atoms with Crippen LogP contribution in [0.3, 0.4) is 0 Å². The summed E-state index contributed by atoms with van der Waals surface area (Å²) in [5.41, 5.74) is 0.441. The molecule has 0 aromatic heterocycles. The highest BCUT2D eigenvalue weighted by molar-refractivity contribution is 6.33. The highest BCUT2D eigenvalue weighted by Crippen LogP contribution is 2.22. The SMILES string of the molecule is NN=Cc1c(O)cccc1Cl. The van der Waals surface area contributed by atoms with E-state index < -0.39 is 0 Å². The standard InChI is InChI=1S/C7H7ClN2O/c8-6-2-1-3-7(11)5(6)4-10-9/h1-4,11H,9H2. The van der Waals surface area contributed by atoms with Crippen LogP contribution in [-0.4, -0.2) is 11.3 Å².